The zero-order valence-corrected chi connectivity index (χ0v) is 10.8. The lowest BCUT2D eigenvalue weighted by atomic mass is 10.2. The van der Waals surface area contributed by atoms with E-state index in [9.17, 15) is 0 Å². The molecule has 0 radical (unpaired) electrons. The molecule has 1 aliphatic rings. The highest BCUT2D eigenvalue weighted by molar-refractivity contribution is 9.10. The highest BCUT2D eigenvalue weighted by Crippen LogP contribution is 2.32. The van der Waals surface area contributed by atoms with E-state index in [1.165, 1.54) is 17.8 Å². The maximum absolute atomic E-state index is 3.51. The van der Waals surface area contributed by atoms with Crippen LogP contribution in [0.25, 0.3) is 0 Å². The Hall–Kier alpha value is -0.700. The molecule has 15 heavy (non-hydrogen) atoms. The first-order chi connectivity index (χ1) is 7.22. The smallest absolute Gasteiger partial charge is 0.0605 e. The van der Waals surface area contributed by atoms with E-state index in [1.54, 1.807) is 0 Å². The van der Waals surface area contributed by atoms with E-state index in [-0.39, 0.29) is 0 Å². The van der Waals surface area contributed by atoms with Crippen molar-refractivity contribution in [3.05, 3.63) is 22.7 Å². The summed E-state index contributed by atoms with van der Waals surface area (Å²) < 4.78 is 1.14. The maximum Gasteiger partial charge on any atom is 0.0605 e. The zero-order chi connectivity index (χ0) is 10.8. The molecule has 1 unspecified atom stereocenters. The molecule has 82 valence electrons. The van der Waals surface area contributed by atoms with Gasteiger partial charge in [0.1, 0.15) is 0 Å². The van der Waals surface area contributed by atoms with E-state index < -0.39 is 0 Å². The molecular weight excluding hydrogens is 252 g/mol. The second-order valence-electron chi connectivity index (χ2n) is 4.01. The molecule has 0 spiro atoms. The number of benzene rings is 1. The minimum atomic E-state index is 0.616. The second kappa shape index (κ2) is 4.44. The summed E-state index contributed by atoms with van der Waals surface area (Å²) in [4.78, 5) is 2.46. The number of nitrogens with zero attached hydrogens (tertiary/aromatic N) is 1. The first-order valence-electron chi connectivity index (χ1n) is 5.52. The predicted octanol–water partition coefficient (Wildman–Crippen LogP) is 3.48. The van der Waals surface area contributed by atoms with Crippen LogP contribution in [0.4, 0.5) is 11.4 Å². The number of fused-ring (bicyclic) bond motifs is 1. The minimum absolute atomic E-state index is 0.616. The van der Waals surface area contributed by atoms with Crippen LogP contribution in [-0.2, 0) is 0 Å². The van der Waals surface area contributed by atoms with Crippen LogP contribution in [0.5, 0.6) is 0 Å². The van der Waals surface area contributed by atoms with Gasteiger partial charge in [-0.1, -0.05) is 15.9 Å². The van der Waals surface area contributed by atoms with E-state index in [0.717, 1.165) is 17.6 Å². The third kappa shape index (κ3) is 2.12. The first-order valence-corrected chi connectivity index (χ1v) is 6.31. The highest BCUT2D eigenvalue weighted by atomic mass is 79.9. The lowest BCUT2D eigenvalue weighted by molar-refractivity contribution is 0.626. The Morgan fingerprint density at radius 2 is 2.33 bits per heavy atom. The van der Waals surface area contributed by atoms with Crippen molar-refractivity contribution in [3.8, 4) is 0 Å². The standard InChI is InChI=1S/C12H17BrN2/c1-3-15-9(2)6-7-14-11-8-10(13)4-5-12(11)15/h4-5,8-9,14H,3,6-7H2,1-2H3. The van der Waals surface area contributed by atoms with Gasteiger partial charge in [0.05, 0.1) is 11.4 Å². The fourth-order valence-corrected chi connectivity index (χ4v) is 2.55. The summed E-state index contributed by atoms with van der Waals surface area (Å²) in [6.07, 6.45) is 1.19. The largest absolute Gasteiger partial charge is 0.383 e. The van der Waals surface area contributed by atoms with Gasteiger partial charge >= 0.3 is 0 Å². The van der Waals surface area contributed by atoms with Gasteiger partial charge in [0.15, 0.2) is 0 Å². The van der Waals surface area contributed by atoms with Crippen molar-refractivity contribution in [2.75, 3.05) is 23.3 Å². The van der Waals surface area contributed by atoms with Crippen molar-refractivity contribution >= 4 is 27.3 Å². The monoisotopic (exact) mass is 268 g/mol. The van der Waals surface area contributed by atoms with Crippen LogP contribution in [-0.4, -0.2) is 19.1 Å². The van der Waals surface area contributed by atoms with Crippen LogP contribution in [0.3, 0.4) is 0 Å². The van der Waals surface area contributed by atoms with E-state index in [2.05, 4.69) is 58.2 Å². The lowest BCUT2D eigenvalue weighted by Gasteiger charge is -2.28. The van der Waals surface area contributed by atoms with Crippen molar-refractivity contribution in [1.29, 1.82) is 0 Å². The Morgan fingerprint density at radius 3 is 3.07 bits per heavy atom. The fourth-order valence-electron chi connectivity index (χ4n) is 2.19. The number of nitrogens with one attached hydrogen (secondary N) is 1. The third-order valence-electron chi connectivity index (χ3n) is 3.02. The molecule has 3 heteroatoms. The summed E-state index contributed by atoms with van der Waals surface area (Å²) in [6, 6.07) is 7.08. The van der Waals surface area contributed by atoms with Gasteiger partial charge in [-0.25, -0.2) is 0 Å². The van der Waals surface area contributed by atoms with Crippen molar-refractivity contribution in [1.82, 2.24) is 0 Å². The Balaban J connectivity index is 2.43. The summed E-state index contributed by atoms with van der Waals surface area (Å²) in [5.41, 5.74) is 2.57. The van der Waals surface area contributed by atoms with Crippen molar-refractivity contribution in [2.45, 2.75) is 26.3 Å². The van der Waals surface area contributed by atoms with Gasteiger partial charge < -0.3 is 10.2 Å². The Labute approximate surface area is 99.8 Å². The summed E-state index contributed by atoms with van der Waals surface area (Å²) in [5, 5.41) is 3.49. The van der Waals surface area contributed by atoms with Crippen LogP contribution in [0.15, 0.2) is 22.7 Å². The summed E-state index contributed by atoms with van der Waals surface area (Å²) in [6.45, 7) is 6.63. The summed E-state index contributed by atoms with van der Waals surface area (Å²) >= 11 is 3.51. The molecule has 0 aromatic heterocycles. The number of halogens is 1. The van der Waals surface area contributed by atoms with Crippen molar-refractivity contribution in [3.63, 3.8) is 0 Å². The lowest BCUT2D eigenvalue weighted by Crippen LogP contribution is -2.32. The van der Waals surface area contributed by atoms with Crippen LogP contribution in [0.1, 0.15) is 20.3 Å². The van der Waals surface area contributed by atoms with Crippen LogP contribution in [0.2, 0.25) is 0 Å². The summed E-state index contributed by atoms with van der Waals surface area (Å²) in [7, 11) is 0. The quantitative estimate of drug-likeness (QED) is 0.839. The van der Waals surface area contributed by atoms with Crippen molar-refractivity contribution in [2.24, 2.45) is 0 Å². The Bertz CT molecular complexity index is 351. The van der Waals surface area contributed by atoms with Gasteiger partial charge in [0.2, 0.25) is 0 Å². The normalized spacial score (nSPS) is 20.5. The Morgan fingerprint density at radius 1 is 1.53 bits per heavy atom. The van der Waals surface area contributed by atoms with E-state index >= 15 is 0 Å². The van der Waals surface area contributed by atoms with Crippen LogP contribution < -0.4 is 10.2 Å². The first kappa shape index (κ1) is 10.8. The molecule has 0 amide bonds. The molecule has 0 bridgehead atoms. The fraction of sp³-hybridized carbons (Fsp3) is 0.500. The molecule has 0 aliphatic carbocycles. The van der Waals surface area contributed by atoms with Crippen LogP contribution in [0, 0.1) is 0 Å². The SMILES string of the molecule is CCN1c2ccc(Br)cc2NCCC1C. The average molecular weight is 269 g/mol. The van der Waals surface area contributed by atoms with Gasteiger partial charge in [-0.3, -0.25) is 0 Å². The number of hydrogen-bond acceptors (Lipinski definition) is 2. The zero-order valence-electron chi connectivity index (χ0n) is 9.26. The van der Waals surface area contributed by atoms with Gasteiger partial charge in [-0.15, -0.1) is 0 Å². The molecule has 1 atom stereocenters. The molecule has 0 saturated heterocycles. The Kier molecular flexibility index (Phi) is 3.19. The number of rotatable bonds is 1. The second-order valence-corrected chi connectivity index (χ2v) is 4.93. The van der Waals surface area contributed by atoms with Gasteiger partial charge in [-0.05, 0) is 38.5 Å². The molecular formula is C12H17BrN2. The molecule has 1 aromatic carbocycles. The highest BCUT2D eigenvalue weighted by Gasteiger charge is 2.19. The van der Waals surface area contributed by atoms with Gasteiger partial charge in [0, 0.05) is 23.6 Å². The summed E-state index contributed by atoms with van der Waals surface area (Å²) in [5.74, 6) is 0. The average Bonchev–Trinajstić information content (AvgIpc) is 2.36. The molecule has 2 rings (SSSR count). The van der Waals surface area contributed by atoms with E-state index in [0.29, 0.717) is 6.04 Å². The molecule has 0 saturated carbocycles. The predicted molar refractivity (Wildman–Crippen MR) is 69.7 cm³/mol. The topological polar surface area (TPSA) is 15.3 Å². The third-order valence-corrected chi connectivity index (χ3v) is 3.51. The van der Waals surface area contributed by atoms with Crippen molar-refractivity contribution < 1.29 is 0 Å². The van der Waals surface area contributed by atoms with Gasteiger partial charge in [0.25, 0.3) is 0 Å². The molecule has 1 aromatic rings. The van der Waals surface area contributed by atoms with E-state index in [4.69, 9.17) is 0 Å². The molecule has 1 aliphatic heterocycles. The maximum atomic E-state index is 3.51. The van der Waals surface area contributed by atoms with Gasteiger partial charge in [-0.2, -0.15) is 0 Å². The molecule has 1 N–H and O–H groups in total. The minimum Gasteiger partial charge on any atom is -0.383 e. The molecule has 2 nitrogen and oxygen atoms in total. The number of hydrogen-bond donors (Lipinski definition) is 1. The van der Waals surface area contributed by atoms with Crippen LogP contribution >= 0.6 is 15.9 Å². The molecule has 0 fully saturated rings. The molecule has 1 heterocycles. The van der Waals surface area contributed by atoms with E-state index in [1.807, 2.05) is 0 Å². The number of anilines is 2.